The Hall–Kier alpha value is -0.770. The van der Waals surface area contributed by atoms with Gasteiger partial charge in [-0.05, 0) is 19.0 Å². The summed E-state index contributed by atoms with van der Waals surface area (Å²) in [5, 5.41) is 3.49. The van der Waals surface area contributed by atoms with E-state index in [4.69, 9.17) is 10.3 Å². The quantitative estimate of drug-likeness (QED) is 0.250. The zero-order chi connectivity index (χ0) is 9.94. The van der Waals surface area contributed by atoms with Crippen molar-refractivity contribution in [2.45, 2.75) is 13.8 Å². The molecule has 0 aliphatic heterocycles. The summed E-state index contributed by atoms with van der Waals surface area (Å²) in [6.07, 6.45) is 0. The van der Waals surface area contributed by atoms with Crippen molar-refractivity contribution in [1.29, 1.82) is 0 Å². The van der Waals surface area contributed by atoms with E-state index in [0.717, 1.165) is 32.8 Å². The number of hydrogen-bond donors (Lipinski definition) is 0. The Bertz CT molecular complexity index is 156. The van der Waals surface area contributed by atoms with Crippen LogP contribution < -0.4 is 0 Å². The van der Waals surface area contributed by atoms with Crippen LogP contribution in [0.1, 0.15) is 13.8 Å². The minimum absolute atomic E-state index is 0.538. The van der Waals surface area contributed by atoms with Crippen molar-refractivity contribution >= 4 is 0 Å². The highest BCUT2D eigenvalue weighted by Gasteiger charge is 1.99. The lowest BCUT2D eigenvalue weighted by molar-refractivity contribution is 0.116. The van der Waals surface area contributed by atoms with E-state index >= 15 is 0 Å². The highest BCUT2D eigenvalue weighted by Crippen LogP contribution is 1.88. The van der Waals surface area contributed by atoms with Gasteiger partial charge in [-0.2, -0.15) is 0 Å². The maximum atomic E-state index is 8.08. The largest absolute Gasteiger partial charge is 0.380 e. The van der Waals surface area contributed by atoms with Crippen LogP contribution in [0.3, 0.4) is 0 Å². The first-order chi connectivity index (χ1) is 6.35. The van der Waals surface area contributed by atoms with Gasteiger partial charge in [-0.15, -0.1) is 0 Å². The average molecular weight is 186 g/mol. The maximum absolute atomic E-state index is 8.08. The fourth-order valence-corrected chi connectivity index (χ4v) is 0.997. The summed E-state index contributed by atoms with van der Waals surface area (Å²) >= 11 is 0. The van der Waals surface area contributed by atoms with Gasteiger partial charge in [0.1, 0.15) is 0 Å². The van der Waals surface area contributed by atoms with Gasteiger partial charge in [0.25, 0.3) is 0 Å². The Balaban J connectivity index is 3.44. The van der Waals surface area contributed by atoms with Gasteiger partial charge in [0, 0.05) is 31.2 Å². The molecule has 0 N–H and O–H groups in total. The van der Waals surface area contributed by atoms with Crippen LogP contribution >= 0.6 is 0 Å². The van der Waals surface area contributed by atoms with Gasteiger partial charge in [-0.25, -0.2) is 0 Å². The molecule has 0 amide bonds. The van der Waals surface area contributed by atoms with Crippen LogP contribution in [0, 0.1) is 0 Å². The van der Waals surface area contributed by atoms with Crippen molar-refractivity contribution in [2.75, 3.05) is 39.4 Å². The van der Waals surface area contributed by atoms with Crippen LogP contribution in [0.2, 0.25) is 0 Å². The number of hydrogen-bond acceptors (Lipinski definition) is 3. The molecule has 0 saturated heterocycles. The van der Waals surface area contributed by atoms with Crippen LogP contribution in [-0.2, 0) is 4.74 Å². The SMILES string of the molecule is CCOCCN(CC)CCN=[N+]=[N-]. The molecule has 0 spiro atoms. The lowest BCUT2D eigenvalue weighted by Gasteiger charge is -2.18. The van der Waals surface area contributed by atoms with Crippen molar-refractivity contribution in [1.82, 2.24) is 4.90 Å². The molecule has 0 aromatic rings. The van der Waals surface area contributed by atoms with E-state index in [9.17, 15) is 0 Å². The normalized spacial score (nSPS) is 10.1. The van der Waals surface area contributed by atoms with Crippen LogP contribution in [-0.4, -0.2) is 44.3 Å². The van der Waals surface area contributed by atoms with E-state index in [1.54, 1.807) is 0 Å². The fraction of sp³-hybridized carbons (Fsp3) is 1.00. The van der Waals surface area contributed by atoms with E-state index in [-0.39, 0.29) is 0 Å². The molecule has 0 aromatic carbocycles. The number of ether oxygens (including phenoxy) is 1. The molecule has 0 rings (SSSR count). The van der Waals surface area contributed by atoms with Crippen LogP contribution in [0.25, 0.3) is 10.4 Å². The molecule has 0 radical (unpaired) electrons. The smallest absolute Gasteiger partial charge is 0.0593 e. The lowest BCUT2D eigenvalue weighted by Crippen LogP contribution is -2.29. The monoisotopic (exact) mass is 186 g/mol. The summed E-state index contributed by atoms with van der Waals surface area (Å²) in [7, 11) is 0. The van der Waals surface area contributed by atoms with Gasteiger partial charge in [-0.1, -0.05) is 12.0 Å². The third kappa shape index (κ3) is 7.59. The Morgan fingerprint density at radius 1 is 1.38 bits per heavy atom. The van der Waals surface area contributed by atoms with Crippen molar-refractivity contribution in [3.8, 4) is 0 Å². The molecule has 0 atom stereocenters. The maximum Gasteiger partial charge on any atom is 0.0593 e. The zero-order valence-corrected chi connectivity index (χ0v) is 8.44. The molecule has 0 aliphatic rings. The fourth-order valence-electron chi connectivity index (χ4n) is 0.997. The van der Waals surface area contributed by atoms with E-state index in [1.807, 2.05) is 6.92 Å². The van der Waals surface area contributed by atoms with Crippen LogP contribution in [0.15, 0.2) is 5.11 Å². The Labute approximate surface area is 79.3 Å². The highest BCUT2D eigenvalue weighted by atomic mass is 16.5. The molecule has 13 heavy (non-hydrogen) atoms. The number of rotatable bonds is 8. The van der Waals surface area contributed by atoms with Gasteiger partial charge in [-0.3, -0.25) is 0 Å². The Kier molecular flexibility index (Phi) is 8.77. The van der Waals surface area contributed by atoms with Crippen molar-refractivity contribution < 1.29 is 4.74 Å². The van der Waals surface area contributed by atoms with Crippen molar-refractivity contribution in [3.05, 3.63) is 10.4 Å². The molecule has 5 nitrogen and oxygen atoms in total. The predicted octanol–water partition coefficient (Wildman–Crippen LogP) is 1.66. The van der Waals surface area contributed by atoms with E-state index < -0.39 is 0 Å². The topological polar surface area (TPSA) is 61.2 Å². The van der Waals surface area contributed by atoms with Crippen molar-refractivity contribution in [3.63, 3.8) is 0 Å². The molecular formula is C8H18N4O. The van der Waals surface area contributed by atoms with E-state index in [0.29, 0.717) is 6.54 Å². The van der Waals surface area contributed by atoms with Gasteiger partial charge in [0.05, 0.1) is 6.61 Å². The third-order valence-corrected chi connectivity index (χ3v) is 1.78. The Morgan fingerprint density at radius 3 is 2.69 bits per heavy atom. The number of azide groups is 1. The molecule has 0 saturated carbocycles. The second-order valence-corrected chi connectivity index (χ2v) is 2.59. The summed E-state index contributed by atoms with van der Waals surface area (Å²) in [6.45, 7) is 8.80. The first kappa shape index (κ1) is 12.2. The summed E-state index contributed by atoms with van der Waals surface area (Å²) in [5.41, 5.74) is 8.08. The molecule has 0 aromatic heterocycles. The highest BCUT2D eigenvalue weighted by molar-refractivity contribution is 4.57. The first-order valence-electron chi connectivity index (χ1n) is 4.66. The summed E-state index contributed by atoms with van der Waals surface area (Å²) in [4.78, 5) is 4.90. The zero-order valence-electron chi connectivity index (χ0n) is 8.44. The molecular weight excluding hydrogens is 168 g/mol. The van der Waals surface area contributed by atoms with Gasteiger partial charge in [0.15, 0.2) is 0 Å². The standard InChI is InChI=1S/C8H18N4O/c1-3-12(6-5-10-11-9)7-8-13-4-2/h3-8H2,1-2H3. The Morgan fingerprint density at radius 2 is 2.15 bits per heavy atom. The molecule has 0 unspecified atom stereocenters. The van der Waals surface area contributed by atoms with Crippen LogP contribution in [0.4, 0.5) is 0 Å². The molecule has 76 valence electrons. The summed E-state index contributed by atoms with van der Waals surface area (Å²) in [6, 6.07) is 0. The number of likely N-dealkylation sites (N-methyl/N-ethyl adjacent to an activating group) is 1. The summed E-state index contributed by atoms with van der Waals surface area (Å²) < 4.78 is 5.23. The minimum Gasteiger partial charge on any atom is -0.380 e. The lowest BCUT2D eigenvalue weighted by atomic mass is 10.4. The van der Waals surface area contributed by atoms with Crippen molar-refractivity contribution in [2.24, 2.45) is 5.11 Å². The van der Waals surface area contributed by atoms with Gasteiger partial charge in [0.2, 0.25) is 0 Å². The van der Waals surface area contributed by atoms with Gasteiger partial charge >= 0.3 is 0 Å². The molecule has 5 heteroatoms. The minimum atomic E-state index is 0.538. The van der Waals surface area contributed by atoms with Crippen LogP contribution in [0.5, 0.6) is 0 Å². The van der Waals surface area contributed by atoms with E-state index in [1.165, 1.54) is 0 Å². The second kappa shape index (κ2) is 9.32. The predicted molar refractivity (Wildman–Crippen MR) is 52.6 cm³/mol. The molecule has 0 bridgehead atoms. The number of nitrogens with zero attached hydrogens (tertiary/aromatic N) is 4. The molecule has 0 fully saturated rings. The first-order valence-corrected chi connectivity index (χ1v) is 4.66. The average Bonchev–Trinajstić information content (AvgIpc) is 2.16. The third-order valence-electron chi connectivity index (χ3n) is 1.78. The summed E-state index contributed by atoms with van der Waals surface area (Å²) in [5.74, 6) is 0. The molecule has 0 heterocycles. The second-order valence-electron chi connectivity index (χ2n) is 2.59. The van der Waals surface area contributed by atoms with Gasteiger partial charge < -0.3 is 9.64 Å². The molecule has 0 aliphatic carbocycles. The van der Waals surface area contributed by atoms with E-state index in [2.05, 4.69) is 21.8 Å².